The number of carbonyl (C=O) groups is 1. The molecule has 1 aromatic carbocycles. The van der Waals surface area contributed by atoms with Crippen LogP contribution in [0.4, 0.5) is 5.69 Å². The number of esters is 1. The van der Waals surface area contributed by atoms with Crippen molar-refractivity contribution in [1.82, 2.24) is 0 Å². The molecule has 0 atom stereocenters. The van der Waals surface area contributed by atoms with Crippen molar-refractivity contribution in [2.45, 2.75) is 11.1 Å². The zero-order valence-corrected chi connectivity index (χ0v) is 12.5. The van der Waals surface area contributed by atoms with E-state index >= 15 is 0 Å². The molecule has 0 radical (unpaired) electrons. The van der Waals surface area contributed by atoms with Gasteiger partial charge in [-0.1, -0.05) is 6.07 Å². The number of hydrogen-bond acceptors (Lipinski definition) is 5. The van der Waals surface area contributed by atoms with Crippen LogP contribution in [0, 0.1) is 6.92 Å². The van der Waals surface area contributed by atoms with Crippen LogP contribution >= 0.6 is 11.3 Å². The van der Waals surface area contributed by atoms with Crippen molar-refractivity contribution in [3.05, 3.63) is 46.8 Å². The highest BCUT2D eigenvalue weighted by Crippen LogP contribution is 2.23. The molecular weight excluding hydrogens is 298 g/mol. The summed E-state index contributed by atoms with van der Waals surface area (Å²) in [7, 11) is -2.35. The summed E-state index contributed by atoms with van der Waals surface area (Å²) in [5, 5.41) is 0. The van der Waals surface area contributed by atoms with Crippen LogP contribution in [0.3, 0.4) is 0 Å². The highest BCUT2D eigenvalue weighted by molar-refractivity contribution is 7.94. The Hall–Kier alpha value is -1.86. The lowest BCUT2D eigenvalue weighted by molar-refractivity contribution is 0.0601. The molecule has 0 spiro atoms. The van der Waals surface area contributed by atoms with E-state index in [1.165, 1.54) is 24.5 Å². The quantitative estimate of drug-likeness (QED) is 0.881. The molecule has 0 aliphatic heterocycles. The number of benzene rings is 1. The summed E-state index contributed by atoms with van der Waals surface area (Å²) in [4.78, 5) is 12.3. The Bertz CT molecular complexity index is 734. The van der Waals surface area contributed by atoms with Crippen molar-refractivity contribution in [2.24, 2.45) is 0 Å². The Labute approximate surface area is 121 Å². The van der Waals surface area contributed by atoms with Crippen LogP contribution in [0.5, 0.6) is 0 Å². The number of hydrogen-bond donors (Lipinski definition) is 1. The van der Waals surface area contributed by atoms with Gasteiger partial charge in [0.2, 0.25) is 0 Å². The minimum atomic E-state index is -3.63. The summed E-state index contributed by atoms with van der Waals surface area (Å²) in [6.45, 7) is 1.83. The van der Waals surface area contributed by atoms with Crippen molar-refractivity contribution in [2.75, 3.05) is 11.8 Å². The lowest BCUT2D eigenvalue weighted by atomic mass is 10.2. The van der Waals surface area contributed by atoms with Gasteiger partial charge >= 0.3 is 5.97 Å². The first kappa shape index (κ1) is 14.5. The van der Waals surface area contributed by atoms with Gasteiger partial charge < -0.3 is 4.74 Å². The van der Waals surface area contributed by atoms with Crippen molar-refractivity contribution < 1.29 is 17.9 Å². The van der Waals surface area contributed by atoms with E-state index in [1.54, 1.807) is 30.3 Å². The molecule has 1 aromatic heterocycles. The van der Waals surface area contributed by atoms with Gasteiger partial charge in [-0.3, -0.25) is 4.72 Å². The SMILES string of the molecule is COC(=O)c1cccc(NS(=O)(=O)c2ccc(C)s2)c1. The molecular formula is C13H13NO4S2. The van der Waals surface area contributed by atoms with Crippen LogP contribution in [-0.2, 0) is 14.8 Å². The molecule has 0 unspecified atom stereocenters. The maximum absolute atomic E-state index is 12.1. The Morgan fingerprint density at radius 1 is 1.25 bits per heavy atom. The summed E-state index contributed by atoms with van der Waals surface area (Å²) in [5.41, 5.74) is 0.606. The molecule has 0 amide bonds. The summed E-state index contributed by atoms with van der Waals surface area (Å²) < 4.78 is 31.6. The Morgan fingerprint density at radius 3 is 2.60 bits per heavy atom. The van der Waals surface area contributed by atoms with E-state index in [2.05, 4.69) is 9.46 Å². The molecule has 1 N–H and O–H groups in total. The van der Waals surface area contributed by atoms with Gasteiger partial charge in [-0.2, -0.15) is 0 Å². The summed E-state index contributed by atoms with van der Waals surface area (Å²) >= 11 is 1.19. The lowest BCUT2D eigenvalue weighted by Gasteiger charge is -2.07. The fraction of sp³-hybridized carbons (Fsp3) is 0.154. The van der Waals surface area contributed by atoms with Crippen molar-refractivity contribution in [1.29, 1.82) is 0 Å². The molecule has 1 heterocycles. The normalized spacial score (nSPS) is 11.1. The number of nitrogens with one attached hydrogen (secondary N) is 1. The smallest absolute Gasteiger partial charge is 0.337 e. The van der Waals surface area contributed by atoms with Crippen LogP contribution in [0.2, 0.25) is 0 Å². The number of thiophene rings is 1. The topological polar surface area (TPSA) is 72.5 Å². The molecule has 0 fully saturated rings. The van der Waals surface area contributed by atoms with E-state index in [9.17, 15) is 13.2 Å². The first-order valence-electron chi connectivity index (χ1n) is 5.70. The summed E-state index contributed by atoms with van der Waals surface area (Å²) in [6.07, 6.45) is 0. The van der Waals surface area contributed by atoms with E-state index in [0.29, 0.717) is 5.69 Å². The Morgan fingerprint density at radius 2 is 2.00 bits per heavy atom. The van der Waals surface area contributed by atoms with Gasteiger partial charge in [0.15, 0.2) is 0 Å². The van der Waals surface area contributed by atoms with Crippen molar-refractivity contribution in [3.63, 3.8) is 0 Å². The van der Waals surface area contributed by atoms with E-state index in [1.807, 2.05) is 6.92 Å². The monoisotopic (exact) mass is 311 g/mol. The maximum atomic E-state index is 12.1. The first-order valence-corrected chi connectivity index (χ1v) is 8.00. The number of rotatable bonds is 4. The molecule has 106 valence electrons. The first-order chi connectivity index (χ1) is 9.42. The van der Waals surface area contributed by atoms with Gasteiger partial charge in [0, 0.05) is 10.6 Å². The second-order valence-corrected chi connectivity index (χ2v) is 7.24. The summed E-state index contributed by atoms with van der Waals surface area (Å²) in [6, 6.07) is 9.44. The highest BCUT2D eigenvalue weighted by Gasteiger charge is 2.17. The van der Waals surface area contributed by atoms with Crippen LogP contribution in [0.1, 0.15) is 15.2 Å². The molecule has 0 aliphatic rings. The van der Waals surface area contributed by atoms with Crippen molar-refractivity contribution in [3.8, 4) is 0 Å². The van der Waals surface area contributed by atoms with E-state index in [0.717, 1.165) is 4.88 Å². The molecule has 7 heteroatoms. The minimum Gasteiger partial charge on any atom is -0.465 e. The fourth-order valence-corrected chi connectivity index (χ4v) is 3.92. The number of ether oxygens (including phenoxy) is 1. The molecule has 5 nitrogen and oxygen atoms in total. The minimum absolute atomic E-state index is 0.235. The molecule has 2 rings (SSSR count). The molecule has 0 bridgehead atoms. The molecule has 0 saturated carbocycles. The van der Waals surface area contributed by atoms with Gasteiger partial charge in [-0.05, 0) is 37.3 Å². The van der Waals surface area contributed by atoms with Crippen LogP contribution < -0.4 is 4.72 Å². The number of sulfonamides is 1. The van der Waals surface area contributed by atoms with Crippen molar-refractivity contribution >= 4 is 33.0 Å². The van der Waals surface area contributed by atoms with Gasteiger partial charge in [-0.25, -0.2) is 13.2 Å². The van der Waals surface area contributed by atoms with Crippen LogP contribution in [-0.4, -0.2) is 21.5 Å². The third-order valence-corrected chi connectivity index (χ3v) is 5.39. The predicted octanol–water partition coefficient (Wildman–Crippen LogP) is 2.64. The van der Waals surface area contributed by atoms with Gasteiger partial charge in [0.05, 0.1) is 12.7 Å². The highest BCUT2D eigenvalue weighted by atomic mass is 32.2. The van der Waals surface area contributed by atoms with Crippen LogP contribution in [0.15, 0.2) is 40.6 Å². The zero-order chi connectivity index (χ0) is 14.8. The van der Waals surface area contributed by atoms with Gasteiger partial charge in [0.1, 0.15) is 4.21 Å². The molecule has 0 aliphatic carbocycles. The fourth-order valence-electron chi connectivity index (χ4n) is 1.59. The molecule has 20 heavy (non-hydrogen) atoms. The standard InChI is InChI=1S/C13H13NO4S2/c1-9-6-7-12(19-9)20(16,17)14-11-5-3-4-10(8-11)13(15)18-2/h3-8,14H,1-2H3. The second kappa shape index (κ2) is 5.64. The Balaban J connectivity index is 2.28. The van der Waals surface area contributed by atoms with Gasteiger partial charge in [0.25, 0.3) is 10.0 Å². The zero-order valence-electron chi connectivity index (χ0n) is 10.9. The second-order valence-electron chi connectivity index (χ2n) is 4.04. The number of methoxy groups -OCH3 is 1. The maximum Gasteiger partial charge on any atom is 0.337 e. The number of anilines is 1. The third-order valence-electron chi connectivity index (χ3n) is 2.52. The number of aryl methyl sites for hydroxylation is 1. The largest absolute Gasteiger partial charge is 0.465 e. The van der Waals surface area contributed by atoms with E-state index in [4.69, 9.17) is 0 Å². The third kappa shape index (κ3) is 3.17. The van der Waals surface area contributed by atoms with Gasteiger partial charge in [-0.15, -0.1) is 11.3 Å². The summed E-state index contributed by atoms with van der Waals surface area (Å²) in [5.74, 6) is -0.516. The lowest BCUT2D eigenvalue weighted by Crippen LogP contribution is -2.12. The van der Waals surface area contributed by atoms with E-state index < -0.39 is 16.0 Å². The number of carbonyl (C=O) groups excluding carboxylic acids is 1. The Kier molecular flexibility index (Phi) is 4.10. The predicted molar refractivity (Wildman–Crippen MR) is 77.6 cm³/mol. The van der Waals surface area contributed by atoms with E-state index in [-0.39, 0.29) is 9.77 Å². The van der Waals surface area contributed by atoms with Crippen LogP contribution in [0.25, 0.3) is 0 Å². The average molecular weight is 311 g/mol. The average Bonchev–Trinajstić information content (AvgIpc) is 2.85. The molecule has 2 aromatic rings. The molecule has 0 saturated heterocycles.